The van der Waals surface area contributed by atoms with E-state index >= 15 is 0 Å². The Kier molecular flexibility index (Phi) is 6.18. The lowest BCUT2D eigenvalue weighted by atomic mass is 9.83. The van der Waals surface area contributed by atoms with Gasteiger partial charge in [0.25, 0.3) is 0 Å². The molecule has 0 N–H and O–H groups in total. The van der Waals surface area contributed by atoms with Crippen molar-refractivity contribution in [1.29, 1.82) is 0 Å². The second-order valence-electron chi connectivity index (χ2n) is 8.38. The van der Waals surface area contributed by atoms with Gasteiger partial charge in [0.2, 0.25) is 5.91 Å². The number of carbonyl (C=O) groups excluding carboxylic acids is 1. The Morgan fingerprint density at radius 1 is 0.833 bits per heavy atom. The predicted molar refractivity (Wildman–Crippen MR) is 123 cm³/mol. The minimum atomic E-state index is -0.0889. The van der Waals surface area contributed by atoms with Crippen molar-refractivity contribution in [2.24, 2.45) is 5.92 Å². The van der Waals surface area contributed by atoms with Gasteiger partial charge in [-0.05, 0) is 41.7 Å². The number of benzene rings is 3. The highest BCUT2D eigenvalue weighted by Gasteiger charge is 2.34. The molecule has 0 spiro atoms. The SMILES string of the molecule is CN(C)c1ccc(CN(C(=O)C2CCC2)C(c2ccccc2)c2ccccc2)cc1. The van der Waals surface area contributed by atoms with E-state index in [-0.39, 0.29) is 17.9 Å². The van der Waals surface area contributed by atoms with E-state index in [2.05, 4.69) is 82.6 Å². The molecule has 0 saturated heterocycles. The van der Waals surface area contributed by atoms with Gasteiger partial charge in [0, 0.05) is 32.2 Å². The number of hydrogen-bond donors (Lipinski definition) is 0. The van der Waals surface area contributed by atoms with Gasteiger partial charge in [-0.15, -0.1) is 0 Å². The van der Waals surface area contributed by atoms with E-state index in [9.17, 15) is 4.79 Å². The molecule has 1 aliphatic carbocycles. The fraction of sp³-hybridized carbons (Fsp3) is 0.296. The molecule has 30 heavy (non-hydrogen) atoms. The summed E-state index contributed by atoms with van der Waals surface area (Å²) in [4.78, 5) is 17.8. The first-order valence-electron chi connectivity index (χ1n) is 10.8. The molecule has 1 fully saturated rings. The standard InChI is InChI=1S/C27H30N2O/c1-28(2)25-18-16-21(17-19-25)20-29(27(30)24-14-9-15-24)26(22-10-5-3-6-11-22)23-12-7-4-8-13-23/h3-8,10-13,16-19,24,26H,9,14-15,20H2,1-2H3. The quantitative estimate of drug-likeness (QED) is 0.512. The third-order valence-corrected chi connectivity index (χ3v) is 6.09. The molecule has 0 aromatic heterocycles. The van der Waals surface area contributed by atoms with Crippen molar-refractivity contribution in [3.8, 4) is 0 Å². The second kappa shape index (κ2) is 9.17. The average Bonchev–Trinajstić information content (AvgIpc) is 2.74. The summed E-state index contributed by atoms with van der Waals surface area (Å²) in [6, 6.07) is 29.3. The molecule has 0 radical (unpaired) electrons. The molecule has 3 aromatic rings. The fourth-order valence-corrected chi connectivity index (χ4v) is 4.11. The Hall–Kier alpha value is -3.07. The van der Waals surface area contributed by atoms with Gasteiger partial charge in [-0.25, -0.2) is 0 Å². The summed E-state index contributed by atoms with van der Waals surface area (Å²) in [5.74, 6) is 0.427. The summed E-state index contributed by atoms with van der Waals surface area (Å²) < 4.78 is 0. The lowest BCUT2D eigenvalue weighted by Crippen LogP contribution is -2.41. The van der Waals surface area contributed by atoms with Gasteiger partial charge >= 0.3 is 0 Å². The van der Waals surface area contributed by atoms with E-state index in [1.54, 1.807) is 0 Å². The Labute approximate surface area is 180 Å². The van der Waals surface area contributed by atoms with Gasteiger partial charge in [-0.2, -0.15) is 0 Å². The van der Waals surface area contributed by atoms with Gasteiger partial charge < -0.3 is 9.80 Å². The van der Waals surface area contributed by atoms with Crippen LogP contribution in [-0.4, -0.2) is 24.9 Å². The number of amides is 1. The van der Waals surface area contributed by atoms with E-state index in [1.807, 2.05) is 26.2 Å². The van der Waals surface area contributed by atoms with Crippen LogP contribution < -0.4 is 4.90 Å². The van der Waals surface area contributed by atoms with Crippen LogP contribution in [0.4, 0.5) is 5.69 Å². The van der Waals surface area contributed by atoms with E-state index in [4.69, 9.17) is 0 Å². The van der Waals surface area contributed by atoms with Crippen LogP contribution in [0.25, 0.3) is 0 Å². The van der Waals surface area contributed by atoms with Crippen molar-refractivity contribution >= 4 is 11.6 Å². The first-order valence-corrected chi connectivity index (χ1v) is 10.8. The molecular formula is C27H30N2O. The zero-order valence-electron chi connectivity index (χ0n) is 17.9. The number of carbonyl (C=O) groups is 1. The molecule has 1 saturated carbocycles. The molecule has 0 bridgehead atoms. The van der Waals surface area contributed by atoms with Crippen LogP contribution in [0.5, 0.6) is 0 Å². The molecule has 0 heterocycles. The van der Waals surface area contributed by atoms with Crippen molar-refractivity contribution in [1.82, 2.24) is 4.90 Å². The number of rotatable bonds is 7. The molecular weight excluding hydrogens is 368 g/mol. The van der Waals surface area contributed by atoms with Gasteiger partial charge in [-0.3, -0.25) is 4.79 Å². The van der Waals surface area contributed by atoms with E-state index in [0.29, 0.717) is 6.54 Å². The molecule has 0 aliphatic heterocycles. The molecule has 4 rings (SSSR count). The van der Waals surface area contributed by atoms with Crippen molar-refractivity contribution in [3.63, 3.8) is 0 Å². The van der Waals surface area contributed by atoms with Crippen LogP contribution in [-0.2, 0) is 11.3 Å². The number of nitrogens with zero attached hydrogens (tertiary/aromatic N) is 2. The molecule has 1 aliphatic rings. The maximum atomic E-state index is 13.6. The molecule has 3 aromatic carbocycles. The molecule has 0 unspecified atom stereocenters. The first-order chi connectivity index (χ1) is 14.6. The smallest absolute Gasteiger partial charge is 0.226 e. The van der Waals surface area contributed by atoms with Crippen molar-refractivity contribution < 1.29 is 4.79 Å². The Bertz CT molecular complexity index is 908. The van der Waals surface area contributed by atoms with Crippen molar-refractivity contribution in [3.05, 3.63) is 102 Å². The van der Waals surface area contributed by atoms with Gasteiger partial charge in [0.1, 0.15) is 0 Å². The largest absolute Gasteiger partial charge is 0.378 e. The molecule has 3 heteroatoms. The fourth-order valence-electron chi connectivity index (χ4n) is 4.11. The second-order valence-corrected chi connectivity index (χ2v) is 8.38. The van der Waals surface area contributed by atoms with Crippen LogP contribution in [0.15, 0.2) is 84.9 Å². The summed E-state index contributed by atoms with van der Waals surface area (Å²) in [5, 5.41) is 0. The molecule has 0 atom stereocenters. The van der Waals surface area contributed by atoms with Crippen molar-refractivity contribution in [2.75, 3.05) is 19.0 Å². The summed E-state index contributed by atoms with van der Waals surface area (Å²) in [6.07, 6.45) is 3.17. The highest BCUT2D eigenvalue weighted by atomic mass is 16.2. The van der Waals surface area contributed by atoms with Gasteiger partial charge in [-0.1, -0.05) is 79.2 Å². The van der Waals surface area contributed by atoms with Crippen LogP contribution >= 0.6 is 0 Å². The highest BCUT2D eigenvalue weighted by molar-refractivity contribution is 5.80. The molecule has 154 valence electrons. The summed E-state index contributed by atoms with van der Waals surface area (Å²) >= 11 is 0. The lowest BCUT2D eigenvalue weighted by molar-refractivity contribution is -0.140. The summed E-state index contributed by atoms with van der Waals surface area (Å²) in [6.45, 7) is 0.609. The first kappa shape index (κ1) is 20.2. The maximum absolute atomic E-state index is 13.6. The van der Waals surface area contributed by atoms with Crippen LogP contribution in [0.2, 0.25) is 0 Å². The summed E-state index contributed by atoms with van der Waals surface area (Å²) in [7, 11) is 4.09. The zero-order chi connectivity index (χ0) is 20.9. The topological polar surface area (TPSA) is 23.6 Å². The number of hydrogen-bond acceptors (Lipinski definition) is 2. The zero-order valence-corrected chi connectivity index (χ0v) is 17.9. The molecule has 3 nitrogen and oxygen atoms in total. The lowest BCUT2D eigenvalue weighted by Gasteiger charge is -2.38. The van der Waals surface area contributed by atoms with E-state index in [1.165, 1.54) is 5.69 Å². The third kappa shape index (κ3) is 4.40. The third-order valence-electron chi connectivity index (χ3n) is 6.09. The minimum Gasteiger partial charge on any atom is -0.378 e. The van der Waals surface area contributed by atoms with E-state index < -0.39 is 0 Å². The van der Waals surface area contributed by atoms with Crippen LogP contribution in [0.1, 0.15) is 42.0 Å². The Morgan fingerprint density at radius 3 is 1.80 bits per heavy atom. The number of anilines is 1. The normalized spacial score (nSPS) is 13.7. The molecule has 1 amide bonds. The predicted octanol–water partition coefficient (Wildman–Crippen LogP) is 5.67. The van der Waals surface area contributed by atoms with Crippen LogP contribution in [0.3, 0.4) is 0 Å². The van der Waals surface area contributed by atoms with Crippen LogP contribution in [0, 0.1) is 5.92 Å². The minimum absolute atomic E-state index is 0.0889. The van der Waals surface area contributed by atoms with E-state index in [0.717, 1.165) is 36.0 Å². The van der Waals surface area contributed by atoms with Gasteiger partial charge in [0.15, 0.2) is 0 Å². The van der Waals surface area contributed by atoms with Crippen molar-refractivity contribution in [2.45, 2.75) is 31.8 Å². The maximum Gasteiger partial charge on any atom is 0.226 e. The highest BCUT2D eigenvalue weighted by Crippen LogP contribution is 2.36. The average molecular weight is 399 g/mol. The Balaban J connectivity index is 1.73. The van der Waals surface area contributed by atoms with Gasteiger partial charge in [0.05, 0.1) is 6.04 Å². The summed E-state index contributed by atoms with van der Waals surface area (Å²) in [5.41, 5.74) is 4.63. The Morgan fingerprint density at radius 2 is 1.37 bits per heavy atom. The monoisotopic (exact) mass is 398 g/mol.